The molecule has 7 nitrogen and oxygen atoms in total. The van der Waals surface area contributed by atoms with Crippen LogP contribution in [0.3, 0.4) is 0 Å². The lowest BCUT2D eigenvalue weighted by Gasteiger charge is -2.23. The average Bonchev–Trinajstić information content (AvgIpc) is 3.36. The summed E-state index contributed by atoms with van der Waals surface area (Å²) >= 11 is 0. The number of amides is 2. The second kappa shape index (κ2) is 7.75. The van der Waals surface area contributed by atoms with Crippen LogP contribution in [0.4, 0.5) is 5.82 Å². The fourth-order valence-corrected chi connectivity index (χ4v) is 4.35. The molecule has 148 valence electrons. The molecular weight excluding hydrogens is 354 g/mol. The smallest absolute Gasteiger partial charge is 0.239 e. The molecule has 1 spiro atoms. The van der Waals surface area contributed by atoms with E-state index in [-0.39, 0.29) is 17.2 Å². The maximum atomic E-state index is 13.1. The van der Waals surface area contributed by atoms with Crippen molar-refractivity contribution in [2.24, 2.45) is 12.5 Å². The first-order chi connectivity index (χ1) is 13.5. The molecule has 2 aliphatic heterocycles. The van der Waals surface area contributed by atoms with Crippen LogP contribution >= 0.6 is 0 Å². The Labute approximate surface area is 165 Å². The maximum absolute atomic E-state index is 13.1. The minimum atomic E-state index is -0.304. The molecule has 0 radical (unpaired) electrons. The van der Waals surface area contributed by atoms with Crippen molar-refractivity contribution < 1.29 is 9.59 Å². The first-order valence-corrected chi connectivity index (χ1v) is 9.89. The molecule has 1 atom stereocenters. The highest BCUT2D eigenvalue weighted by Crippen LogP contribution is 2.40. The molecule has 2 aromatic rings. The molecule has 1 N–H and O–H groups in total. The van der Waals surface area contributed by atoms with E-state index in [1.807, 2.05) is 30.1 Å². The van der Waals surface area contributed by atoms with Gasteiger partial charge in [-0.2, -0.15) is 5.10 Å². The summed E-state index contributed by atoms with van der Waals surface area (Å²) in [6.07, 6.45) is 4.41. The maximum Gasteiger partial charge on any atom is 0.239 e. The van der Waals surface area contributed by atoms with Gasteiger partial charge in [0.1, 0.15) is 0 Å². The van der Waals surface area contributed by atoms with E-state index in [2.05, 4.69) is 27.4 Å². The zero-order valence-electron chi connectivity index (χ0n) is 16.3. The monoisotopic (exact) mass is 381 g/mol. The molecule has 2 aliphatic rings. The first kappa shape index (κ1) is 18.7. The molecule has 1 aromatic carbocycles. The normalized spacial score (nSPS) is 22.3. The van der Waals surface area contributed by atoms with E-state index in [0.717, 1.165) is 38.9 Å². The van der Waals surface area contributed by atoms with E-state index < -0.39 is 0 Å². The second-order valence-electron chi connectivity index (χ2n) is 7.94. The summed E-state index contributed by atoms with van der Waals surface area (Å²) in [5.41, 5.74) is 0.956. The third kappa shape index (κ3) is 3.94. The summed E-state index contributed by atoms with van der Waals surface area (Å²) in [6, 6.07) is 12.1. The molecule has 2 amide bonds. The van der Waals surface area contributed by atoms with Crippen LogP contribution in [0, 0.1) is 5.41 Å². The van der Waals surface area contributed by atoms with Gasteiger partial charge in [-0.1, -0.05) is 30.3 Å². The molecule has 2 saturated heterocycles. The third-order valence-electron chi connectivity index (χ3n) is 5.90. The van der Waals surface area contributed by atoms with Crippen LogP contribution in [-0.2, 0) is 23.1 Å². The molecule has 3 heterocycles. The van der Waals surface area contributed by atoms with Crippen molar-refractivity contribution >= 4 is 17.6 Å². The Morgan fingerprint density at radius 2 is 1.96 bits per heavy atom. The number of hydrogen-bond acceptors (Lipinski definition) is 4. The minimum Gasteiger partial charge on any atom is -0.342 e. The number of aryl methyl sites for hydroxylation is 1. The highest BCUT2D eigenvalue weighted by atomic mass is 16.2. The number of anilines is 1. The fraction of sp³-hybridized carbons (Fsp3) is 0.476. The molecule has 2 fully saturated rings. The zero-order chi connectivity index (χ0) is 19.6. The van der Waals surface area contributed by atoms with Crippen LogP contribution < -0.4 is 5.32 Å². The van der Waals surface area contributed by atoms with E-state index in [0.29, 0.717) is 18.9 Å². The fourth-order valence-electron chi connectivity index (χ4n) is 4.35. The average molecular weight is 381 g/mol. The van der Waals surface area contributed by atoms with E-state index in [1.54, 1.807) is 16.9 Å². The van der Waals surface area contributed by atoms with Gasteiger partial charge in [0.25, 0.3) is 0 Å². The number of rotatable bonds is 6. The van der Waals surface area contributed by atoms with Gasteiger partial charge in [-0.3, -0.25) is 19.2 Å². The Morgan fingerprint density at radius 3 is 2.71 bits per heavy atom. The van der Waals surface area contributed by atoms with E-state index >= 15 is 0 Å². The van der Waals surface area contributed by atoms with Crippen LogP contribution in [0.15, 0.2) is 42.6 Å². The molecule has 28 heavy (non-hydrogen) atoms. The molecule has 7 heteroatoms. The topological polar surface area (TPSA) is 70.5 Å². The Hall–Kier alpha value is -2.67. The lowest BCUT2D eigenvalue weighted by Crippen LogP contribution is -2.39. The highest BCUT2D eigenvalue weighted by molar-refractivity contribution is 5.91. The van der Waals surface area contributed by atoms with Crippen LogP contribution in [0.25, 0.3) is 0 Å². The van der Waals surface area contributed by atoms with Gasteiger partial charge in [0.15, 0.2) is 5.82 Å². The van der Waals surface area contributed by atoms with Crippen molar-refractivity contribution in [3.63, 3.8) is 0 Å². The first-order valence-electron chi connectivity index (χ1n) is 9.89. The van der Waals surface area contributed by atoms with E-state index in [4.69, 9.17) is 0 Å². The minimum absolute atomic E-state index is 0.0814. The number of aromatic nitrogens is 2. The number of likely N-dealkylation sites (tertiary alicyclic amines) is 2. The summed E-state index contributed by atoms with van der Waals surface area (Å²) in [7, 11) is 1.81. The van der Waals surface area contributed by atoms with Gasteiger partial charge in [-0.15, -0.1) is 0 Å². The number of nitrogens with one attached hydrogen (secondary N) is 1. The van der Waals surface area contributed by atoms with Gasteiger partial charge in [0.05, 0.1) is 12.0 Å². The van der Waals surface area contributed by atoms with Crippen molar-refractivity contribution in [1.82, 2.24) is 19.6 Å². The predicted octanol–water partition coefficient (Wildman–Crippen LogP) is 1.53. The summed E-state index contributed by atoms with van der Waals surface area (Å²) in [5.74, 6) is 0.739. The lowest BCUT2D eigenvalue weighted by atomic mass is 9.85. The molecule has 0 saturated carbocycles. The van der Waals surface area contributed by atoms with Gasteiger partial charge in [-0.25, -0.2) is 0 Å². The van der Waals surface area contributed by atoms with Gasteiger partial charge in [-0.05, 0) is 31.4 Å². The summed E-state index contributed by atoms with van der Waals surface area (Å²) in [5, 5.41) is 6.99. The number of hydrogen-bond donors (Lipinski definition) is 1. The number of benzene rings is 1. The Morgan fingerprint density at radius 1 is 1.18 bits per heavy atom. The molecule has 4 rings (SSSR count). The summed E-state index contributed by atoms with van der Waals surface area (Å²) in [6.45, 7) is 3.34. The third-order valence-corrected chi connectivity index (χ3v) is 5.90. The zero-order valence-corrected chi connectivity index (χ0v) is 16.3. The van der Waals surface area contributed by atoms with Crippen molar-refractivity contribution in [3.05, 3.63) is 48.2 Å². The van der Waals surface area contributed by atoms with Crippen molar-refractivity contribution in [2.75, 3.05) is 38.0 Å². The molecule has 0 bridgehead atoms. The number of carbonyl (C=O) groups excluding carboxylic acids is 2. The second-order valence-corrected chi connectivity index (χ2v) is 7.94. The van der Waals surface area contributed by atoms with Crippen LogP contribution in [0.5, 0.6) is 0 Å². The van der Waals surface area contributed by atoms with Gasteiger partial charge in [0.2, 0.25) is 11.8 Å². The van der Waals surface area contributed by atoms with Crippen LogP contribution in [-0.4, -0.2) is 64.1 Å². The van der Waals surface area contributed by atoms with Gasteiger partial charge in [0, 0.05) is 38.9 Å². The summed E-state index contributed by atoms with van der Waals surface area (Å²) in [4.78, 5) is 29.4. The standard InChI is InChI=1S/C21H27N5O2/c1-24-11-8-18(23-24)22-19(27)15-25-13-9-21(16-25)10-14-26(20(21)28)12-7-17-5-3-2-4-6-17/h2-6,8,11H,7,9-10,12-16H2,1H3,(H,22,23,27). The van der Waals surface area contributed by atoms with Crippen molar-refractivity contribution in [2.45, 2.75) is 19.3 Å². The van der Waals surface area contributed by atoms with Crippen LogP contribution in [0.1, 0.15) is 18.4 Å². The van der Waals surface area contributed by atoms with E-state index in [9.17, 15) is 9.59 Å². The summed E-state index contributed by atoms with van der Waals surface area (Å²) < 4.78 is 1.65. The van der Waals surface area contributed by atoms with Crippen LogP contribution in [0.2, 0.25) is 0 Å². The molecule has 0 aliphatic carbocycles. The predicted molar refractivity (Wildman–Crippen MR) is 107 cm³/mol. The number of carbonyl (C=O) groups is 2. The quantitative estimate of drug-likeness (QED) is 0.824. The number of nitrogens with zero attached hydrogens (tertiary/aromatic N) is 4. The largest absolute Gasteiger partial charge is 0.342 e. The van der Waals surface area contributed by atoms with Crippen molar-refractivity contribution in [3.8, 4) is 0 Å². The molecule has 1 unspecified atom stereocenters. The highest BCUT2D eigenvalue weighted by Gasteiger charge is 2.50. The van der Waals surface area contributed by atoms with E-state index in [1.165, 1.54) is 5.56 Å². The lowest BCUT2D eigenvalue weighted by molar-refractivity contribution is -0.135. The van der Waals surface area contributed by atoms with Gasteiger partial charge >= 0.3 is 0 Å². The molecular formula is C21H27N5O2. The van der Waals surface area contributed by atoms with Gasteiger partial charge < -0.3 is 10.2 Å². The Bertz CT molecular complexity index is 849. The SMILES string of the molecule is Cn1ccc(NC(=O)CN2CCC3(CCN(CCc4ccccc4)C3=O)C2)n1. The van der Waals surface area contributed by atoms with Crippen molar-refractivity contribution in [1.29, 1.82) is 0 Å². The Balaban J connectivity index is 1.29. The molecule has 1 aromatic heterocycles. The Kier molecular flexibility index (Phi) is 5.17.